The minimum Gasteiger partial charge on any atom is -0.304 e. The Hall–Kier alpha value is -0.120. The zero-order chi connectivity index (χ0) is 9.56. The first-order valence-electron chi connectivity index (χ1n) is 4.66. The Morgan fingerprint density at radius 2 is 1.75 bits per heavy atom. The summed E-state index contributed by atoms with van der Waals surface area (Å²) in [5.41, 5.74) is 3.08. The summed E-state index contributed by atoms with van der Waals surface area (Å²) < 4.78 is 0. The average molecular weight is 173 g/mol. The monoisotopic (exact) mass is 173 g/mol. The summed E-state index contributed by atoms with van der Waals surface area (Å²) in [6, 6.07) is 0.657. The fraction of sp³-hybridized carbons (Fsp3) is 1.00. The standard InChI is InChI=1S/C9H23N3/c1-9(2)11(4)7-6-8-12(5)10-3/h9-10H,6-8H2,1-5H3. The summed E-state index contributed by atoms with van der Waals surface area (Å²) >= 11 is 0. The van der Waals surface area contributed by atoms with Crippen LogP contribution in [0.4, 0.5) is 0 Å². The van der Waals surface area contributed by atoms with Crippen LogP contribution in [0.2, 0.25) is 0 Å². The van der Waals surface area contributed by atoms with Crippen molar-refractivity contribution in [1.29, 1.82) is 0 Å². The van der Waals surface area contributed by atoms with Crippen LogP contribution in [0.1, 0.15) is 20.3 Å². The van der Waals surface area contributed by atoms with Crippen LogP contribution < -0.4 is 5.43 Å². The van der Waals surface area contributed by atoms with Gasteiger partial charge in [-0.05, 0) is 40.9 Å². The Balaban J connectivity index is 3.30. The largest absolute Gasteiger partial charge is 0.304 e. The molecule has 0 bridgehead atoms. The van der Waals surface area contributed by atoms with E-state index in [0.717, 1.165) is 6.54 Å². The molecule has 3 nitrogen and oxygen atoms in total. The van der Waals surface area contributed by atoms with E-state index in [1.807, 2.05) is 7.05 Å². The van der Waals surface area contributed by atoms with Gasteiger partial charge < -0.3 is 4.90 Å². The third-order valence-electron chi connectivity index (χ3n) is 2.27. The predicted molar refractivity (Wildman–Crippen MR) is 54.1 cm³/mol. The van der Waals surface area contributed by atoms with E-state index >= 15 is 0 Å². The lowest BCUT2D eigenvalue weighted by molar-refractivity contribution is 0.218. The van der Waals surface area contributed by atoms with E-state index in [-0.39, 0.29) is 0 Å². The van der Waals surface area contributed by atoms with E-state index in [2.05, 4.69) is 43.3 Å². The van der Waals surface area contributed by atoms with Crippen molar-refractivity contribution >= 4 is 0 Å². The highest BCUT2D eigenvalue weighted by Gasteiger charge is 2.02. The molecule has 0 fully saturated rings. The second-order valence-electron chi connectivity index (χ2n) is 3.57. The quantitative estimate of drug-likeness (QED) is 0.599. The molecule has 0 aliphatic rings. The van der Waals surface area contributed by atoms with E-state index in [0.29, 0.717) is 6.04 Å². The molecule has 0 aromatic heterocycles. The minimum atomic E-state index is 0.657. The Morgan fingerprint density at radius 3 is 2.17 bits per heavy atom. The van der Waals surface area contributed by atoms with E-state index in [1.165, 1.54) is 13.0 Å². The van der Waals surface area contributed by atoms with Crippen molar-refractivity contribution in [3.8, 4) is 0 Å². The molecule has 0 aliphatic carbocycles. The molecule has 0 aliphatic heterocycles. The smallest absolute Gasteiger partial charge is 0.0139 e. The van der Waals surface area contributed by atoms with Gasteiger partial charge in [-0.25, -0.2) is 5.01 Å². The first-order chi connectivity index (χ1) is 5.57. The van der Waals surface area contributed by atoms with Gasteiger partial charge in [-0.3, -0.25) is 5.43 Å². The Morgan fingerprint density at radius 1 is 1.17 bits per heavy atom. The number of hydrogen-bond acceptors (Lipinski definition) is 3. The SMILES string of the molecule is CNN(C)CCCN(C)C(C)C. The van der Waals surface area contributed by atoms with Crippen molar-refractivity contribution in [3.63, 3.8) is 0 Å². The number of rotatable bonds is 6. The first kappa shape index (κ1) is 11.9. The molecule has 0 radical (unpaired) electrons. The average Bonchev–Trinajstić information content (AvgIpc) is 2.03. The Labute approximate surface area is 76.7 Å². The summed E-state index contributed by atoms with van der Waals surface area (Å²) in [5, 5.41) is 2.11. The molecule has 0 amide bonds. The van der Waals surface area contributed by atoms with Crippen LogP contribution in [0.15, 0.2) is 0 Å². The normalized spacial score (nSPS) is 12.0. The van der Waals surface area contributed by atoms with Gasteiger partial charge in [0.05, 0.1) is 0 Å². The van der Waals surface area contributed by atoms with Crippen LogP contribution >= 0.6 is 0 Å². The topological polar surface area (TPSA) is 18.5 Å². The lowest BCUT2D eigenvalue weighted by Crippen LogP contribution is -2.34. The van der Waals surface area contributed by atoms with Crippen LogP contribution in [0.5, 0.6) is 0 Å². The van der Waals surface area contributed by atoms with Crippen molar-refractivity contribution < 1.29 is 0 Å². The van der Waals surface area contributed by atoms with Gasteiger partial charge in [0.2, 0.25) is 0 Å². The number of nitrogens with zero attached hydrogens (tertiary/aromatic N) is 2. The molecule has 12 heavy (non-hydrogen) atoms. The molecular weight excluding hydrogens is 150 g/mol. The highest BCUT2D eigenvalue weighted by molar-refractivity contribution is 4.57. The Kier molecular flexibility index (Phi) is 6.34. The zero-order valence-electron chi connectivity index (χ0n) is 9.09. The molecule has 0 rings (SSSR count). The summed E-state index contributed by atoms with van der Waals surface area (Å²) in [4.78, 5) is 2.36. The predicted octanol–water partition coefficient (Wildman–Crippen LogP) is 0.783. The van der Waals surface area contributed by atoms with E-state index < -0.39 is 0 Å². The molecule has 0 atom stereocenters. The van der Waals surface area contributed by atoms with E-state index in [4.69, 9.17) is 0 Å². The summed E-state index contributed by atoms with van der Waals surface area (Å²) in [5.74, 6) is 0. The van der Waals surface area contributed by atoms with Crippen molar-refractivity contribution in [2.45, 2.75) is 26.3 Å². The number of hydrazine groups is 1. The van der Waals surface area contributed by atoms with Gasteiger partial charge in [-0.1, -0.05) is 0 Å². The van der Waals surface area contributed by atoms with Crippen molar-refractivity contribution in [1.82, 2.24) is 15.3 Å². The van der Waals surface area contributed by atoms with Crippen molar-refractivity contribution in [3.05, 3.63) is 0 Å². The number of hydrogen-bond donors (Lipinski definition) is 1. The molecule has 0 heterocycles. The fourth-order valence-electron chi connectivity index (χ4n) is 0.927. The molecule has 74 valence electrons. The molecule has 0 spiro atoms. The summed E-state index contributed by atoms with van der Waals surface area (Å²) in [7, 11) is 6.19. The maximum absolute atomic E-state index is 3.08. The third kappa shape index (κ3) is 5.52. The summed E-state index contributed by atoms with van der Waals surface area (Å²) in [6.45, 7) is 6.72. The van der Waals surface area contributed by atoms with Crippen LogP contribution in [0.3, 0.4) is 0 Å². The minimum absolute atomic E-state index is 0.657. The third-order valence-corrected chi connectivity index (χ3v) is 2.27. The molecular formula is C9H23N3. The van der Waals surface area contributed by atoms with Crippen LogP contribution in [-0.4, -0.2) is 50.2 Å². The highest BCUT2D eigenvalue weighted by atomic mass is 15.5. The maximum atomic E-state index is 3.08. The van der Waals surface area contributed by atoms with Gasteiger partial charge >= 0.3 is 0 Å². The van der Waals surface area contributed by atoms with Crippen molar-refractivity contribution in [2.24, 2.45) is 0 Å². The van der Waals surface area contributed by atoms with Crippen LogP contribution in [-0.2, 0) is 0 Å². The van der Waals surface area contributed by atoms with Gasteiger partial charge in [-0.15, -0.1) is 0 Å². The molecule has 1 N–H and O–H groups in total. The zero-order valence-corrected chi connectivity index (χ0v) is 9.09. The summed E-state index contributed by atoms with van der Waals surface area (Å²) in [6.07, 6.45) is 1.21. The first-order valence-corrected chi connectivity index (χ1v) is 4.66. The Bertz CT molecular complexity index is 104. The lowest BCUT2D eigenvalue weighted by Gasteiger charge is -2.22. The maximum Gasteiger partial charge on any atom is 0.0139 e. The molecule has 0 unspecified atom stereocenters. The van der Waals surface area contributed by atoms with Gasteiger partial charge in [0.25, 0.3) is 0 Å². The van der Waals surface area contributed by atoms with Crippen LogP contribution in [0.25, 0.3) is 0 Å². The van der Waals surface area contributed by atoms with Crippen molar-refractivity contribution in [2.75, 3.05) is 34.2 Å². The molecule has 0 saturated carbocycles. The van der Waals surface area contributed by atoms with E-state index in [1.54, 1.807) is 0 Å². The van der Waals surface area contributed by atoms with Gasteiger partial charge in [-0.2, -0.15) is 0 Å². The second kappa shape index (κ2) is 6.40. The van der Waals surface area contributed by atoms with Gasteiger partial charge in [0.15, 0.2) is 0 Å². The highest BCUT2D eigenvalue weighted by Crippen LogP contribution is 1.95. The molecule has 0 aromatic rings. The number of nitrogens with one attached hydrogen (secondary N) is 1. The van der Waals surface area contributed by atoms with E-state index in [9.17, 15) is 0 Å². The molecule has 0 aromatic carbocycles. The lowest BCUT2D eigenvalue weighted by atomic mass is 10.3. The van der Waals surface area contributed by atoms with Gasteiger partial charge in [0, 0.05) is 19.6 Å². The van der Waals surface area contributed by atoms with Gasteiger partial charge in [0.1, 0.15) is 0 Å². The van der Waals surface area contributed by atoms with Crippen LogP contribution in [0, 0.1) is 0 Å². The fourth-order valence-corrected chi connectivity index (χ4v) is 0.927. The molecule has 3 heteroatoms. The second-order valence-corrected chi connectivity index (χ2v) is 3.57. The molecule has 0 saturated heterocycles.